The van der Waals surface area contributed by atoms with Gasteiger partial charge in [0, 0.05) is 37.7 Å². The van der Waals surface area contributed by atoms with Gasteiger partial charge in [-0.1, -0.05) is 6.07 Å². The highest BCUT2D eigenvalue weighted by Gasteiger charge is 2.31. The fourth-order valence-corrected chi connectivity index (χ4v) is 4.89. The van der Waals surface area contributed by atoms with Gasteiger partial charge in [0.2, 0.25) is 5.91 Å². The second-order valence-corrected chi connectivity index (χ2v) is 8.33. The van der Waals surface area contributed by atoms with Crippen LogP contribution in [0.25, 0.3) is 0 Å². The van der Waals surface area contributed by atoms with Crippen LogP contribution >= 0.6 is 11.8 Å². The Hall–Kier alpha value is -1.53. The molecule has 0 spiro atoms. The molecule has 0 saturated carbocycles. The fourth-order valence-electron chi connectivity index (χ4n) is 4.03. The molecule has 3 aliphatic rings. The number of benzene rings is 1. The number of carbonyl (C=O) groups is 2. The summed E-state index contributed by atoms with van der Waals surface area (Å²) in [7, 11) is 0. The molecule has 2 heterocycles. The zero-order chi connectivity index (χ0) is 17.9. The predicted molar refractivity (Wildman–Crippen MR) is 101 cm³/mol. The predicted octanol–water partition coefficient (Wildman–Crippen LogP) is 2.12. The molecule has 1 aliphatic carbocycles. The molecule has 140 valence electrons. The maximum atomic E-state index is 12.5. The molecule has 6 heteroatoms. The average molecular weight is 375 g/mol. The normalized spacial score (nSPS) is 22.5. The Morgan fingerprint density at radius 3 is 2.58 bits per heavy atom. The second-order valence-electron chi connectivity index (χ2n) is 7.28. The van der Waals surface area contributed by atoms with Gasteiger partial charge in [-0.2, -0.15) is 0 Å². The van der Waals surface area contributed by atoms with E-state index in [1.807, 2.05) is 9.80 Å². The Labute approximate surface area is 159 Å². The van der Waals surface area contributed by atoms with Crippen molar-refractivity contribution >= 4 is 23.6 Å². The van der Waals surface area contributed by atoms with Crippen LogP contribution in [0.4, 0.5) is 0 Å². The largest absolute Gasteiger partial charge is 0.368 e. The lowest BCUT2D eigenvalue weighted by atomic mass is 10.1. The first-order chi connectivity index (χ1) is 12.7. The van der Waals surface area contributed by atoms with E-state index in [1.165, 1.54) is 35.3 Å². The van der Waals surface area contributed by atoms with Crippen LogP contribution in [0.5, 0.6) is 0 Å². The third-order valence-corrected chi connectivity index (χ3v) is 6.56. The van der Waals surface area contributed by atoms with Crippen molar-refractivity contribution in [1.82, 2.24) is 9.80 Å². The van der Waals surface area contributed by atoms with Gasteiger partial charge in [-0.3, -0.25) is 9.59 Å². The molecule has 1 aromatic rings. The zero-order valence-electron chi connectivity index (χ0n) is 15.1. The molecule has 2 fully saturated rings. The second kappa shape index (κ2) is 8.01. The summed E-state index contributed by atoms with van der Waals surface area (Å²) in [5.41, 5.74) is 2.91. The highest BCUT2D eigenvalue weighted by molar-refractivity contribution is 8.00. The van der Waals surface area contributed by atoms with E-state index < -0.39 is 0 Å². The third-order valence-electron chi connectivity index (χ3n) is 5.58. The molecule has 1 atom stereocenters. The van der Waals surface area contributed by atoms with Crippen molar-refractivity contribution in [2.45, 2.75) is 43.1 Å². The number of thioether (sulfide) groups is 1. The molecule has 2 aliphatic heterocycles. The van der Waals surface area contributed by atoms with Crippen molar-refractivity contribution in [3.8, 4) is 0 Å². The summed E-state index contributed by atoms with van der Waals surface area (Å²) in [4.78, 5) is 29.8. The van der Waals surface area contributed by atoms with Crippen molar-refractivity contribution < 1.29 is 14.3 Å². The molecule has 1 aromatic carbocycles. The van der Waals surface area contributed by atoms with E-state index in [2.05, 4.69) is 18.2 Å². The van der Waals surface area contributed by atoms with E-state index in [0.717, 1.165) is 12.8 Å². The van der Waals surface area contributed by atoms with Gasteiger partial charge in [0.05, 0.1) is 5.75 Å². The Morgan fingerprint density at radius 2 is 1.81 bits per heavy atom. The number of rotatable bonds is 4. The summed E-state index contributed by atoms with van der Waals surface area (Å²) < 4.78 is 5.49. The van der Waals surface area contributed by atoms with Crippen LogP contribution in [-0.2, 0) is 27.2 Å². The first-order valence-electron chi connectivity index (χ1n) is 9.63. The number of aryl methyl sites for hydroxylation is 2. The Bertz CT molecular complexity index is 680. The van der Waals surface area contributed by atoms with E-state index in [0.29, 0.717) is 38.5 Å². The molecule has 2 saturated heterocycles. The summed E-state index contributed by atoms with van der Waals surface area (Å²) >= 11 is 1.62. The van der Waals surface area contributed by atoms with Crippen LogP contribution in [0.15, 0.2) is 23.1 Å². The van der Waals surface area contributed by atoms with Crippen molar-refractivity contribution in [1.29, 1.82) is 0 Å². The Balaban J connectivity index is 1.24. The van der Waals surface area contributed by atoms with Gasteiger partial charge in [-0.25, -0.2) is 0 Å². The maximum Gasteiger partial charge on any atom is 0.251 e. The smallest absolute Gasteiger partial charge is 0.251 e. The van der Waals surface area contributed by atoms with E-state index in [9.17, 15) is 9.59 Å². The lowest BCUT2D eigenvalue weighted by Crippen LogP contribution is -2.53. The molecule has 26 heavy (non-hydrogen) atoms. The molecule has 4 rings (SSSR count). The summed E-state index contributed by atoms with van der Waals surface area (Å²) in [6.45, 7) is 3.18. The molecule has 0 aromatic heterocycles. The van der Waals surface area contributed by atoms with E-state index in [4.69, 9.17) is 4.74 Å². The number of fused-ring (bicyclic) bond motifs is 1. The number of hydrogen-bond acceptors (Lipinski definition) is 4. The number of carbonyl (C=O) groups excluding carboxylic acids is 2. The van der Waals surface area contributed by atoms with E-state index in [-0.39, 0.29) is 17.9 Å². The summed E-state index contributed by atoms with van der Waals surface area (Å²) in [6.07, 6.45) is 5.14. The van der Waals surface area contributed by atoms with E-state index in [1.54, 1.807) is 11.8 Å². The van der Waals surface area contributed by atoms with Gasteiger partial charge < -0.3 is 14.5 Å². The molecule has 5 nitrogen and oxygen atoms in total. The molecular weight excluding hydrogens is 348 g/mol. The van der Waals surface area contributed by atoms with Crippen LogP contribution in [-0.4, -0.2) is 66.3 Å². The van der Waals surface area contributed by atoms with Crippen molar-refractivity contribution in [3.63, 3.8) is 0 Å². The van der Waals surface area contributed by atoms with Crippen LogP contribution < -0.4 is 0 Å². The lowest BCUT2D eigenvalue weighted by Gasteiger charge is -2.35. The van der Waals surface area contributed by atoms with E-state index >= 15 is 0 Å². The Kier molecular flexibility index (Phi) is 5.50. The minimum absolute atomic E-state index is 0.0992. The number of hydrogen-bond donors (Lipinski definition) is 0. The number of ether oxygens (including phenoxy) is 1. The lowest BCUT2D eigenvalue weighted by molar-refractivity contribution is -0.145. The number of amides is 2. The molecule has 2 amide bonds. The minimum Gasteiger partial charge on any atom is -0.368 e. The molecule has 1 unspecified atom stereocenters. The Morgan fingerprint density at radius 1 is 1.04 bits per heavy atom. The third kappa shape index (κ3) is 3.91. The molecule has 0 N–H and O–H groups in total. The van der Waals surface area contributed by atoms with Crippen LogP contribution in [0.3, 0.4) is 0 Å². The topological polar surface area (TPSA) is 49.9 Å². The summed E-state index contributed by atoms with van der Waals surface area (Å²) in [5.74, 6) is 0.736. The highest BCUT2D eigenvalue weighted by Crippen LogP contribution is 2.27. The first-order valence-corrected chi connectivity index (χ1v) is 10.6. The SMILES string of the molecule is O=C(CSc1ccc2c(c1)CCC2)N1CCN(C(=O)C2CCCO2)CC1. The quantitative estimate of drug-likeness (QED) is 0.758. The van der Waals surface area contributed by atoms with Crippen LogP contribution in [0.2, 0.25) is 0 Å². The summed E-state index contributed by atoms with van der Waals surface area (Å²) in [6, 6.07) is 6.60. The van der Waals surface area contributed by atoms with Crippen LogP contribution in [0.1, 0.15) is 30.4 Å². The first kappa shape index (κ1) is 17.9. The molecule has 0 radical (unpaired) electrons. The molecular formula is C20H26N2O3S. The fraction of sp³-hybridized carbons (Fsp3) is 0.600. The van der Waals surface area contributed by atoms with Gasteiger partial charge >= 0.3 is 0 Å². The van der Waals surface area contributed by atoms with Gasteiger partial charge in [0.1, 0.15) is 6.10 Å². The zero-order valence-corrected chi connectivity index (χ0v) is 15.9. The number of nitrogens with zero attached hydrogens (tertiary/aromatic N) is 2. The van der Waals surface area contributed by atoms with Crippen molar-refractivity contribution in [3.05, 3.63) is 29.3 Å². The van der Waals surface area contributed by atoms with Gasteiger partial charge in [-0.15, -0.1) is 11.8 Å². The summed E-state index contributed by atoms with van der Waals surface area (Å²) in [5, 5.41) is 0. The van der Waals surface area contributed by atoms with Crippen molar-refractivity contribution in [2.24, 2.45) is 0 Å². The standard InChI is InChI=1S/C20H26N2O3S/c23-19(14-26-17-7-6-15-3-1-4-16(15)13-17)21-8-10-22(11-9-21)20(24)18-5-2-12-25-18/h6-7,13,18H,1-5,8-12,14H2. The highest BCUT2D eigenvalue weighted by atomic mass is 32.2. The van der Waals surface area contributed by atoms with Crippen molar-refractivity contribution in [2.75, 3.05) is 38.5 Å². The van der Waals surface area contributed by atoms with Gasteiger partial charge in [0.25, 0.3) is 5.91 Å². The van der Waals surface area contributed by atoms with Gasteiger partial charge in [0.15, 0.2) is 0 Å². The minimum atomic E-state index is -0.257. The number of piperazine rings is 1. The van der Waals surface area contributed by atoms with Crippen LogP contribution in [0, 0.1) is 0 Å². The van der Waals surface area contributed by atoms with Gasteiger partial charge in [-0.05, 0) is 55.4 Å². The monoisotopic (exact) mass is 374 g/mol. The molecule has 0 bridgehead atoms. The average Bonchev–Trinajstić information content (AvgIpc) is 3.37. The maximum absolute atomic E-state index is 12.5.